The maximum atomic E-state index is 6.35. The van der Waals surface area contributed by atoms with Crippen molar-refractivity contribution in [3.05, 3.63) is 138 Å². The van der Waals surface area contributed by atoms with Crippen molar-refractivity contribution in [2.24, 2.45) is 0 Å². The molecule has 1 atom stereocenters. The van der Waals surface area contributed by atoms with E-state index in [-0.39, 0.29) is 5.41 Å². The van der Waals surface area contributed by atoms with Gasteiger partial charge < -0.3 is 10.1 Å². The lowest BCUT2D eigenvalue weighted by atomic mass is 9.67. The summed E-state index contributed by atoms with van der Waals surface area (Å²) in [7, 11) is 0. The molecule has 1 heterocycles. The molecular weight excluding hydrogens is 414 g/mol. The molecule has 1 fully saturated rings. The molecule has 172 valence electrons. The standard InChI is InChI=1S/C32H33NO/c1-4-12-27(13-5-1)32(28-14-6-2-7-15-28,29-16-8-3-9-17-29)23-25-34-30-21-19-26(20-22-30)31-18-10-11-24-33-31/h1-9,12-17,19-22,31,33H,10-11,18,23-25H2. The summed E-state index contributed by atoms with van der Waals surface area (Å²) >= 11 is 0. The van der Waals surface area contributed by atoms with Gasteiger partial charge in [0.25, 0.3) is 0 Å². The summed E-state index contributed by atoms with van der Waals surface area (Å²) in [4.78, 5) is 0. The average Bonchev–Trinajstić information content (AvgIpc) is 2.93. The third-order valence-corrected chi connectivity index (χ3v) is 7.14. The largest absolute Gasteiger partial charge is 0.494 e. The minimum atomic E-state index is -0.282. The fraction of sp³-hybridized carbons (Fsp3) is 0.250. The maximum Gasteiger partial charge on any atom is 0.119 e. The maximum absolute atomic E-state index is 6.35. The number of piperidine rings is 1. The predicted octanol–water partition coefficient (Wildman–Crippen LogP) is 7.30. The van der Waals surface area contributed by atoms with Gasteiger partial charge in [0.2, 0.25) is 0 Å². The van der Waals surface area contributed by atoms with Crippen LogP contribution in [0.15, 0.2) is 115 Å². The predicted molar refractivity (Wildman–Crippen MR) is 140 cm³/mol. The minimum absolute atomic E-state index is 0.282. The Kier molecular flexibility index (Phi) is 7.07. The number of benzene rings is 4. The number of ether oxygens (including phenoxy) is 1. The van der Waals surface area contributed by atoms with Gasteiger partial charge in [0, 0.05) is 11.5 Å². The van der Waals surface area contributed by atoms with E-state index in [4.69, 9.17) is 4.74 Å². The summed E-state index contributed by atoms with van der Waals surface area (Å²) in [5, 5.41) is 3.63. The van der Waals surface area contributed by atoms with E-state index in [0.717, 1.165) is 18.7 Å². The smallest absolute Gasteiger partial charge is 0.119 e. The summed E-state index contributed by atoms with van der Waals surface area (Å²) in [5.41, 5.74) is 4.94. The second-order valence-electron chi connectivity index (χ2n) is 9.17. The van der Waals surface area contributed by atoms with Crippen molar-refractivity contribution in [2.45, 2.75) is 37.1 Å². The zero-order valence-electron chi connectivity index (χ0n) is 19.7. The van der Waals surface area contributed by atoms with Crippen LogP contribution in [0.2, 0.25) is 0 Å². The first-order valence-electron chi connectivity index (χ1n) is 12.5. The molecule has 5 rings (SSSR count). The van der Waals surface area contributed by atoms with Gasteiger partial charge in [0.15, 0.2) is 0 Å². The Morgan fingerprint density at radius 1 is 0.647 bits per heavy atom. The van der Waals surface area contributed by atoms with Gasteiger partial charge in [-0.05, 0) is 60.2 Å². The highest BCUT2D eigenvalue weighted by molar-refractivity contribution is 5.50. The Morgan fingerprint density at radius 2 is 1.18 bits per heavy atom. The molecule has 0 spiro atoms. The van der Waals surface area contributed by atoms with Gasteiger partial charge in [0.1, 0.15) is 5.75 Å². The molecule has 1 aliphatic heterocycles. The van der Waals surface area contributed by atoms with E-state index in [1.165, 1.54) is 41.5 Å². The van der Waals surface area contributed by atoms with Crippen LogP contribution in [0.5, 0.6) is 5.75 Å². The number of rotatable bonds is 8. The fourth-order valence-electron chi connectivity index (χ4n) is 5.36. The molecule has 4 aromatic carbocycles. The molecule has 1 N–H and O–H groups in total. The first-order valence-corrected chi connectivity index (χ1v) is 12.5. The lowest BCUT2D eigenvalue weighted by Crippen LogP contribution is -2.31. The van der Waals surface area contributed by atoms with Crippen LogP contribution in [0, 0.1) is 0 Å². The molecule has 1 saturated heterocycles. The minimum Gasteiger partial charge on any atom is -0.494 e. The summed E-state index contributed by atoms with van der Waals surface area (Å²) in [6.45, 7) is 1.74. The van der Waals surface area contributed by atoms with Crippen LogP contribution in [-0.2, 0) is 5.41 Å². The van der Waals surface area contributed by atoms with E-state index < -0.39 is 0 Å². The molecule has 4 aromatic rings. The first kappa shape index (κ1) is 22.4. The molecule has 2 nitrogen and oxygen atoms in total. The van der Waals surface area contributed by atoms with Crippen molar-refractivity contribution >= 4 is 0 Å². The highest BCUT2D eigenvalue weighted by atomic mass is 16.5. The van der Waals surface area contributed by atoms with Crippen molar-refractivity contribution in [3.63, 3.8) is 0 Å². The van der Waals surface area contributed by atoms with E-state index in [1.807, 2.05) is 0 Å². The number of hydrogen-bond donors (Lipinski definition) is 1. The van der Waals surface area contributed by atoms with Crippen molar-refractivity contribution in [2.75, 3.05) is 13.2 Å². The van der Waals surface area contributed by atoms with Crippen LogP contribution in [0.1, 0.15) is 54.0 Å². The summed E-state index contributed by atoms with van der Waals surface area (Å²) < 4.78 is 6.35. The van der Waals surface area contributed by atoms with E-state index in [1.54, 1.807) is 0 Å². The summed E-state index contributed by atoms with van der Waals surface area (Å²) in [6.07, 6.45) is 4.64. The average molecular weight is 448 g/mol. The molecule has 2 heteroatoms. The molecule has 34 heavy (non-hydrogen) atoms. The van der Waals surface area contributed by atoms with Crippen molar-refractivity contribution < 1.29 is 4.74 Å². The molecule has 0 aliphatic carbocycles. The topological polar surface area (TPSA) is 21.3 Å². The third kappa shape index (κ3) is 4.78. The summed E-state index contributed by atoms with van der Waals surface area (Å²) in [6, 6.07) is 41.7. The monoisotopic (exact) mass is 447 g/mol. The van der Waals surface area contributed by atoms with Crippen molar-refractivity contribution in [3.8, 4) is 5.75 Å². The van der Waals surface area contributed by atoms with E-state index >= 15 is 0 Å². The second kappa shape index (κ2) is 10.7. The van der Waals surface area contributed by atoms with E-state index in [2.05, 4.69) is 121 Å². The lowest BCUT2D eigenvalue weighted by molar-refractivity contribution is 0.286. The Labute approximate surface area is 203 Å². The highest BCUT2D eigenvalue weighted by Crippen LogP contribution is 2.42. The summed E-state index contributed by atoms with van der Waals surface area (Å²) in [5.74, 6) is 0.933. The molecule has 0 bridgehead atoms. The number of hydrogen-bond acceptors (Lipinski definition) is 2. The number of nitrogens with one attached hydrogen (secondary N) is 1. The Hall–Kier alpha value is -3.36. The van der Waals surface area contributed by atoms with Crippen LogP contribution in [0.3, 0.4) is 0 Å². The van der Waals surface area contributed by atoms with Gasteiger partial charge in [-0.2, -0.15) is 0 Å². The van der Waals surface area contributed by atoms with Gasteiger partial charge in [-0.25, -0.2) is 0 Å². The Bertz CT molecular complexity index is 1040. The van der Waals surface area contributed by atoms with Gasteiger partial charge in [0.05, 0.1) is 6.61 Å². The third-order valence-electron chi connectivity index (χ3n) is 7.14. The SMILES string of the molecule is c1ccc(C(CCOc2ccc(C3CCCCN3)cc2)(c2ccccc2)c2ccccc2)cc1. The first-order chi connectivity index (χ1) is 16.9. The van der Waals surface area contributed by atoms with Crippen molar-refractivity contribution in [1.82, 2.24) is 5.32 Å². The molecule has 1 aliphatic rings. The van der Waals surface area contributed by atoms with Crippen LogP contribution in [0.4, 0.5) is 0 Å². The molecule has 1 unspecified atom stereocenters. The Morgan fingerprint density at radius 3 is 1.65 bits per heavy atom. The zero-order chi connectivity index (χ0) is 23.1. The van der Waals surface area contributed by atoms with E-state index in [9.17, 15) is 0 Å². The molecular formula is C32H33NO. The quantitative estimate of drug-likeness (QED) is 0.286. The van der Waals surface area contributed by atoms with Gasteiger partial charge in [-0.1, -0.05) is 110 Å². The molecule has 0 saturated carbocycles. The normalized spacial score (nSPS) is 16.2. The van der Waals surface area contributed by atoms with Crippen LogP contribution in [0.25, 0.3) is 0 Å². The molecule has 0 aromatic heterocycles. The Balaban J connectivity index is 1.41. The van der Waals surface area contributed by atoms with Crippen molar-refractivity contribution in [1.29, 1.82) is 0 Å². The van der Waals surface area contributed by atoms with Crippen LogP contribution >= 0.6 is 0 Å². The molecule has 0 amide bonds. The van der Waals surface area contributed by atoms with E-state index in [0.29, 0.717) is 12.6 Å². The van der Waals surface area contributed by atoms with Gasteiger partial charge in [-0.3, -0.25) is 0 Å². The van der Waals surface area contributed by atoms with Gasteiger partial charge in [-0.15, -0.1) is 0 Å². The molecule has 0 radical (unpaired) electrons. The lowest BCUT2D eigenvalue weighted by Gasteiger charge is -2.36. The van der Waals surface area contributed by atoms with Crippen LogP contribution < -0.4 is 10.1 Å². The second-order valence-corrected chi connectivity index (χ2v) is 9.17. The highest BCUT2D eigenvalue weighted by Gasteiger charge is 2.36. The zero-order valence-corrected chi connectivity index (χ0v) is 19.7. The fourth-order valence-corrected chi connectivity index (χ4v) is 5.36. The van der Waals surface area contributed by atoms with Crippen LogP contribution in [-0.4, -0.2) is 13.2 Å². The van der Waals surface area contributed by atoms with Gasteiger partial charge >= 0.3 is 0 Å².